The Hall–Kier alpha value is -9.44. The molecular formula is C72H47NO2. The van der Waals surface area contributed by atoms with Crippen LogP contribution in [-0.4, -0.2) is 0 Å². The monoisotopic (exact) mass is 957 g/mol. The van der Waals surface area contributed by atoms with E-state index in [0.717, 1.165) is 105 Å². The van der Waals surface area contributed by atoms with Crippen molar-refractivity contribution in [1.82, 2.24) is 0 Å². The van der Waals surface area contributed by atoms with Gasteiger partial charge in [0.2, 0.25) is 0 Å². The van der Waals surface area contributed by atoms with Crippen molar-refractivity contribution in [2.45, 2.75) is 24.7 Å². The summed E-state index contributed by atoms with van der Waals surface area (Å²) in [5, 5.41) is 6.80. The molecule has 0 unspecified atom stereocenters. The molecule has 0 saturated heterocycles. The van der Waals surface area contributed by atoms with E-state index in [4.69, 9.17) is 9.15 Å². The molecule has 3 nitrogen and oxygen atoms in total. The van der Waals surface area contributed by atoms with Crippen LogP contribution in [0.25, 0.3) is 88.0 Å². The van der Waals surface area contributed by atoms with E-state index >= 15 is 0 Å². The quantitative estimate of drug-likeness (QED) is 0.172. The first-order valence-corrected chi connectivity index (χ1v) is 26.1. The summed E-state index contributed by atoms with van der Waals surface area (Å²) in [4.78, 5) is 2.43. The minimum atomic E-state index is -0.647. The van der Waals surface area contributed by atoms with Crippen LogP contribution in [0.2, 0.25) is 0 Å². The third kappa shape index (κ3) is 5.87. The van der Waals surface area contributed by atoms with Crippen molar-refractivity contribution in [1.29, 1.82) is 0 Å². The van der Waals surface area contributed by atoms with Gasteiger partial charge in [0.05, 0.1) is 5.41 Å². The highest BCUT2D eigenvalue weighted by atomic mass is 16.5. The smallest absolute Gasteiger partial charge is 0.143 e. The Labute approximate surface area is 435 Å². The van der Waals surface area contributed by atoms with Crippen LogP contribution in [0.5, 0.6) is 11.5 Å². The Balaban J connectivity index is 0.881. The van der Waals surface area contributed by atoms with E-state index in [9.17, 15) is 0 Å². The first-order chi connectivity index (χ1) is 36.9. The lowest BCUT2D eigenvalue weighted by atomic mass is 9.65. The Morgan fingerprint density at radius 3 is 1.61 bits per heavy atom. The van der Waals surface area contributed by atoms with Gasteiger partial charge in [-0.2, -0.15) is 0 Å². The standard InChI is InChI=1S/C72H47NO2/c1-71(2)61-26-10-7-21-55(61)57-38-36-51(43-65(57)71)73(49-34-29-46(30-35-49)52-24-14-25-60-59-23-9-12-28-67(59)74-68(52)60)50-18-13-17-47(41-50)48-31-37-58-56-22-8-11-27-62(56)72(66(58)42-48)63-39-32-44-15-3-5-19-53(44)69(63)75-70-54-20-6-4-16-45(54)33-40-64(70)72/h3-43H,1-2H3. The van der Waals surface area contributed by atoms with Crippen LogP contribution in [0.1, 0.15) is 47.2 Å². The maximum atomic E-state index is 7.27. The van der Waals surface area contributed by atoms with E-state index in [-0.39, 0.29) is 5.41 Å². The van der Waals surface area contributed by atoms with Gasteiger partial charge >= 0.3 is 0 Å². The molecule has 75 heavy (non-hydrogen) atoms. The molecule has 16 rings (SSSR count). The Kier molecular flexibility index (Phi) is 8.72. The zero-order chi connectivity index (χ0) is 49.6. The number of benzene rings is 12. The number of ether oxygens (including phenoxy) is 1. The van der Waals surface area contributed by atoms with Crippen LogP contribution < -0.4 is 9.64 Å². The average Bonchev–Trinajstić information content (AvgIpc) is 4.27. The molecule has 0 bridgehead atoms. The van der Waals surface area contributed by atoms with Crippen molar-refractivity contribution >= 4 is 60.5 Å². The molecule has 1 aromatic heterocycles. The molecule has 0 saturated carbocycles. The molecule has 2 heterocycles. The number of nitrogens with zero attached hydrogens (tertiary/aromatic N) is 1. The number of furan rings is 1. The minimum Gasteiger partial charge on any atom is -0.455 e. The van der Waals surface area contributed by atoms with Crippen LogP contribution in [0.3, 0.4) is 0 Å². The molecule has 13 aromatic rings. The first-order valence-electron chi connectivity index (χ1n) is 26.1. The molecule has 3 heteroatoms. The zero-order valence-corrected chi connectivity index (χ0v) is 41.4. The van der Waals surface area contributed by atoms with Crippen molar-refractivity contribution in [2.24, 2.45) is 0 Å². The van der Waals surface area contributed by atoms with Crippen LogP contribution >= 0.6 is 0 Å². The van der Waals surface area contributed by atoms with E-state index in [1.165, 1.54) is 44.5 Å². The minimum absolute atomic E-state index is 0.164. The van der Waals surface area contributed by atoms with Crippen molar-refractivity contribution in [3.63, 3.8) is 0 Å². The van der Waals surface area contributed by atoms with E-state index in [0.29, 0.717) is 0 Å². The fraction of sp³-hybridized carbons (Fsp3) is 0.0556. The van der Waals surface area contributed by atoms with Gasteiger partial charge in [-0.1, -0.05) is 214 Å². The lowest BCUT2D eigenvalue weighted by Crippen LogP contribution is -2.32. The molecule has 12 aromatic carbocycles. The lowest BCUT2D eigenvalue weighted by molar-refractivity contribution is 0.447. The fourth-order valence-electron chi connectivity index (χ4n) is 13.5. The first kappa shape index (κ1) is 42.1. The van der Waals surface area contributed by atoms with Gasteiger partial charge in [-0.3, -0.25) is 0 Å². The van der Waals surface area contributed by atoms with Gasteiger partial charge in [-0.05, 0) is 121 Å². The van der Waals surface area contributed by atoms with E-state index in [1.807, 2.05) is 6.07 Å². The molecule has 352 valence electrons. The van der Waals surface area contributed by atoms with Gasteiger partial charge in [0, 0.05) is 60.7 Å². The van der Waals surface area contributed by atoms with Crippen molar-refractivity contribution in [2.75, 3.05) is 4.90 Å². The molecule has 3 aliphatic rings. The average molecular weight is 958 g/mol. The number of hydrogen-bond acceptors (Lipinski definition) is 3. The highest BCUT2D eigenvalue weighted by Crippen LogP contribution is 2.64. The number of fused-ring (bicyclic) bond motifs is 19. The van der Waals surface area contributed by atoms with Gasteiger partial charge < -0.3 is 14.1 Å². The number of rotatable bonds is 5. The summed E-state index contributed by atoms with van der Waals surface area (Å²) in [6.07, 6.45) is 0. The van der Waals surface area contributed by atoms with E-state index < -0.39 is 5.41 Å². The molecule has 1 aliphatic heterocycles. The maximum Gasteiger partial charge on any atom is 0.143 e. The normalized spacial score (nSPS) is 14.1. The Morgan fingerprint density at radius 2 is 0.853 bits per heavy atom. The molecule has 0 radical (unpaired) electrons. The van der Waals surface area contributed by atoms with Gasteiger partial charge in [-0.15, -0.1) is 0 Å². The topological polar surface area (TPSA) is 25.6 Å². The number of hydrogen-bond donors (Lipinski definition) is 0. The van der Waals surface area contributed by atoms with E-state index in [1.54, 1.807) is 0 Å². The molecule has 0 fully saturated rings. The summed E-state index contributed by atoms with van der Waals surface area (Å²) in [6.45, 7) is 4.72. The lowest BCUT2D eigenvalue weighted by Gasteiger charge is -2.40. The summed E-state index contributed by atoms with van der Waals surface area (Å²) in [6, 6.07) is 91.5. The summed E-state index contributed by atoms with van der Waals surface area (Å²) in [5.41, 5.74) is 21.4. The summed E-state index contributed by atoms with van der Waals surface area (Å²) in [5.74, 6) is 1.84. The van der Waals surface area contributed by atoms with Crippen LogP contribution in [0, 0.1) is 0 Å². The fourth-order valence-corrected chi connectivity index (χ4v) is 13.5. The maximum absolute atomic E-state index is 7.27. The predicted octanol–water partition coefficient (Wildman–Crippen LogP) is 19.5. The summed E-state index contributed by atoms with van der Waals surface area (Å²) in [7, 11) is 0. The third-order valence-electron chi connectivity index (χ3n) is 16.9. The SMILES string of the molecule is CC1(C)c2ccccc2-c2ccc(N(c3ccc(-c4cccc5c4oc4ccccc45)cc3)c3cccc(-c4ccc5c(c4)C4(c6ccccc6-5)c5ccc6ccccc6c5Oc5c4ccc4ccccc54)c3)cc21. The van der Waals surface area contributed by atoms with Gasteiger partial charge in [0.25, 0.3) is 0 Å². The van der Waals surface area contributed by atoms with E-state index in [2.05, 4.69) is 261 Å². The summed E-state index contributed by atoms with van der Waals surface area (Å²) < 4.78 is 13.8. The molecule has 0 atom stereocenters. The largest absolute Gasteiger partial charge is 0.455 e. The third-order valence-corrected chi connectivity index (χ3v) is 16.9. The number of anilines is 3. The second kappa shape index (κ2) is 15.5. The Morgan fingerprint density at radius 1 is 0.320 bits per heavy atom. The zero-order valence-electron chi connectivity index (χ0n) is 41.4. The van der Waals surface area contributed by atoms with Crippen LogP contribution in [0.4, 0.5) is 17.1 Å². The highest BCUT2D eigenvalue weighted by Gasteiger charge is 2.52. The second-order valence-corrected chi connectivity index (χ2v) is 21.1. The predicted molar refractivity (Wildman–Crippen MR) is 309 cm³/mol. The summed E-state index contributed by atoms with van der Waals surface area (Å²) >= 11 is 0. The Bertz CT molecular complexity index is 4470. The molecule has 1 spiro atoms. The van der Waals surface area contributed by atoms with Crippen molar-refractivity contribution in [3.05, 3.63) is 282 Å². The second-order valence-electron chi connectivity index (χ2n) is 21.1. The van der Waals surface area contributed by atoms with Crippen molar-refractivity contribution in [3.8, 4) is 56.0 Å². The van der Waals surface area contributed by atoms with Crippen LogP contribution in [-0.2, 0) is 10.8 Å². The van der Waals surface area contributed by atoms with Crippen molar-refractivity contribution < 1.29 is 9.15 Å². The molecule has 2 aliphatic carbocycles. The van der Waals surface area contributed by atoms with Gasteiger partial charge in [0.15, 0.2) is 0 Å². The van der Waals surface area contributed by atoms with Gasteiger partial charge in [0.1, 0.15) is 22.7 Å². The molecular weight excluding hydrogens is 911 g/mol. The molecule has 0 amide bonds. The number of para-hydroxylation sites is 2. The highest BCUT2D eigenvalue weighted by molar-refractivity contribution is 6.10. The van der Waals surface area contributed by atoms with Crippen LogP contribution in [0.15, 0.2) is 253 Å². The molecule has 0 N–H and O–H groups in total. The van der Waals surface area contributed by atoms with Gasteiger partial charge in [-0.25, -0.2) is 0 Å².